The average molecular weight is 485 g/mol. The van der Waals surface area contributed by atoms with Crippen LogP contribution in [0.1, 0.15) is 23.6 Å². The molecule has 1 heterocycles. The number of hydrogen-bond donors (Lipinski definition) is 2. The monoisotopic (exact) mass is 484 g/mol. The molecule has 4 nitrogen and oxygen atoms in total. The van der Waals surface area contributed by atoms with Crippen LogP contribution in [0.15, 0.2) is 71.6 Å². The van der Waals surface area contributed by atoms with Crippen LogP contribution in [0.2, 0.25) is 10.0 Å². The van der Waals surface area contributed by atoms with Gasteiger partial charge in [-0.2, -0.15) is 0 Å². The Morgan fingerprint density at radius 2 is 1.81 bits per heavy atom. The van der Waals surface area contributed by atoms with E-state index in [0.29, 0.717) is 21.6 Å². The third-order valence-corrected chi connectivity index (χ3v) is 6.59. The SMILES string of the molecule is CCc1ccc(N[C@@H]2NC(=O)/C(=C/c3ccc(OCc4ccc(Cl)cc4Cl)cc3)S2)cc1. The van der Waals surface area contributed by atoms with E-state index in [2.05, 4.69) is 29.7 Å². The Kier molecular flexibility index (Phi) is 7.30. The Bertz CT molecular complexity index is 1130. The van der Waals surface area contributed by atoms with Crippen molar-refractivity contribution in [3.05, 3.63) is 98.4 Å². The lowest BCUT2D eigenvalue weighted by molar-refractivity contribution is -0.116. The lowest BCUT2D eigenvalue weighted by Gasteiger charge is -2.12. The second-order valence-corrected chi connectivity index (χ2v) is 9.26. The largest absolute Gasteiger partial charge is 0.489 e. The van der Waals surface area contributed by atoms with Gasteiger partial charge in [-0.1, -0.05) is 72.2 Å². The van der Waals surface area contributed by atoms with E-state index in [1.54, 1.807) is 12.1 Å². The van der Waals surface area contributed by atoms with Gasteiger partial charge in [0.1, 0.15) is 12.4 Å². The summed E-state index contributed by atoms with van der Waals surface area (Å²) in [6, 6.07) is 21.2. The van der Waals surface area contributed by atoms with Crippen molar-refractivity contribution in [2.24, 2.45) is 0 Å². The molecule has 1 aliphatic heterocycles. The lowest BCUT2D eigenvalue weighted by Crippen LogP contribution is -2.30. The van der Waals surface area contributed by atoms with Gasteiger partial charge in [0, 0.05) is 21.3 Å². The molecule has 0 bridgehead atoms. The Hall–Kier alpha value is -2.60. The maximum Gasteiger partial charge on any atom is 0.260 e. The van der Waals surface area contributed by atoms with E-state index in [1.807, 2.05) is 48.5 Å². The summed E-state index contributed by atoms with van der Waals surface area (Å²) >= 11 is 13.6. The number of anilines is 1. The fraction of sp³-hybridized carbons (Fsp3) is 0.160. The number of amides is 1. The highest BCUT2D eigenvalue weighted by Crippen LogP contribution is 2.31. The Labute approximate surface area is 202 Å². The molecule has 4 rings (SSSR count). The van der Waals surface area contributed by atoms with Crippen LogP contribution in [0.4, 0.5) is 5.69 Å². The highest BCUT2D eigenvalue weighted by Gasteiger charge is 2.27. The zero-order valence-electron chi connectivity index (χ0n) is 17.4. The van der Waals surface area contributed by atoms with Crippen LogP contribution in [0.3, 0.4) is 0 Å². The summed E-state index contributed by atoms with van der Waals surface area (Å²) < 4.78 is 5.82. The van der Waals surface area contributed by atoms with Gasteiger partial charge in [0.05, 0.1) is 4.91 Å². The molecule has 1 fully saturated rings. The van der Waals surface area contributed by atoms with E-state index in [1.165, 1.54) is 17.3 Å². The first-order valence-electron chi connectivity index (χ1n) is 10.2. The number of aryl methyl sites for hydroxylation is 1. The summed E-state index contributed by atoms with van der Waals surface area (Å²) in [5.41, 5.74) is 3.84. The Balaban J connectivity index is 1.35. The van der Waals surface area contributed by atoms with Gasteiger partial charge in [0.2, 0.25) is 0 Å². The number of thioether (sulfide) groups is 1. The summed E-state index contributed by atoms with van der Waals surface area (Å²) in [6.07, 6.45) is 2.88. The highest BCUT2D eigenvalue weighted by atomic mass is 35.5. The molecule has 7 heteroatoms. The minimum atomic E-state index is -0.201. The highest BCUT2D eigenvalue weighted by molar-refractivity contribution is 8.05. The number of benzene rings is 3. The van der Waals surface area contributed by atoms with E-state index in [-0.39, 0.29) is 11.4 Å². The molecule has 0 saturated carbocycles. The van der Waals surface area contributed by atoms with E-state index < -0.39 is 0 Å². The molecule has 0 radical (unpaired) electrons. The Morgan fingerprint density at radius 1 is 1.06 bits per heavy atom. The van der Waals surface area contributed by atoms with Crippen molar-refractivity contribution in [1.82, 2.24) is 5.32 Å². The quantitative estimate of drug-likeness (QED) is 0.364. The zero-order valence-corrected chi connectivity index (χ0v) is 19.7. The minimum Gasteiger partial charge on any atom is -0.489 e. The summed E-state index contributed by atoms with van der Waals surface area (Å²) in [4.78, 5) is 13.0. The zero-order chi connectivity index (χ0) is 22.5. The number of carbonyl (C=O) groups excluding carboxylic acids is 1. The second kappa shape index (κ2) is 10.3. The number of nitrogens with one attached hydrogen (secondary N) is 2. The fourth-order valence-electron chi connectivity index (χ4n) is 3.16. The second-order valence-electron chi connectivity index (χ2n) is 7.27. The van der Waals surface area contributed by atoms with Crippen molar-refractivity contribution in [2.75, 3.05) is 5.32 Å². The van der Waals surface area contributed by atoms with Crippen molar-refractivity contribution >= 4 is 52.6 Å². The molecular weight excluding hydrogens is 463 g/mol. The normalized spacial score (nSPS) is 16.8. The van der Waals surface area contributed by atoms with Crippen molar-refractivity contribution in [1.29, 1.82) is 0 Å². The molecule has 0 aromatic heterocycles. The lowest BCUT2D eigenvalue weighted by atomic mass is 10.1. The standard InChI is InChI=1S/C25H22Cl2N2O2S/c1-2-16-3-9-20(10-4-16)28-25-29-24(30)23(32-25)13-17-5-11-21(12-6-17)31-15-18-7-8-19(26)14-22(18)27/h3-14,25,28H,2,15H2,1H3,(H,29,30)/b23-13-/t25-/m1/s1. The van der Waals surface area contributed by atoms with Gasteiger partial charge >= 0.3 is 0 Å². The van der Waals surface area contributed by atoms with Crippen LogP contribution in [0.25, 0.3) is 6.08 Å². The molecule has 3 aromatic rings. The Morgan fingerprint density at radius 3 is 2.50 bits per heavy atom. The number of halogens is 2. The van der Waals surface area contributed by atoms with Crippen LogP contribution in [0.5, 0.6) is 5.75 Å². The maximum absolute atomic E-state index is 12.4. The number of rotatable bonds is 7. The van der Waals surface area contributed by atoms with Gasteiger partial charge in [0.25, 0.3) is 5.91 Å². The molecule has 164 valence electrons. The molecule has 2 N–H and O–H groups in total. The molecular formula is C25H22Cl2N2O2S. The molecule has 3 aromatic carbocycles. The van der Waals surface area contributed by atoms with Crippen LogP contribution in [-0.4, -0.2) is 11.4 Å². The van der Waals surface area contributed by atoms with Gasteiger partial charge in [0.15, 0.2) is 5.50 Å². The van der Waals surface area contributed by atoms with E-state index >= 15 is 0 Å². The van der Waals surface area contributed by atoms with E-state index in [9.17, 15) is 4.79 Å². The number of ether oxygens (including phenoxy) is 1. The molecule has 0 spiro atoms. The molecule has 1 atom stereocenters. The number of carbonyl (C=O) groups is 1. The smallest absolute Gasteiger partial charge is 0.260 e. The van der Waals surface area contributed by atoms with Crippen LogP contribution < -0.4 is 15.4 Å². The first-order chi connectivity index (χ1) is 15.5. The third-order valence-electron chi connectivity index (χ3n) is 4.98. The van der Waals surface area contributed by atoms with Gasteiger partial charge < -0.3 is 15.4 Å². The van der Waals surface area contributed by atoms with Gasteiger partial charge in [-0.15, -0.1) is 0 Å². The number of hydrogen-bond acceptors (Lipinski definition) is 4. The first-order valence-corrected chi connectivity index (χ1v) is 11.8. The van der Waals surface area contributed by atoms with Crippen molar-refractivity contribution < 1.29 is 9.53 Å². The van der Waals surface area contributed by atoms with Gasteiger partial charge in [-0.3, -0.25) is 4.79 Å². The van der Waals surface area contributed by atoms with E-state index in [0.717, 1.165) is 29.0 Å². The first kappa shape index (κ1) is 22.6. The summed E-state index contributed by atoms with van der Waals surface area (Å²) in [6.45, 7) is 2.47. The average Bonchev–Trinajstić information content (AvgIpc) is 3.13. The summed E-state index contributed by atoms with van der Waals surface area (Å²) in [5, 5.41) is 7.47. The molecule has 0 aliphatic carbocycles. The fourth-order valence-corrected chi connectivity index (χ4v) is 4.61. The van der Waals surface area contributed by atoms with Crippen LogP contribution in [-0.2, 0) is 17.8 Å². The summed E-state index contributed by atoms with van der Waals surface area (Å²) in [7, 11) is 0. The molecule has 1 amide bonds. The van der Waals surface area contributed by atoms with Crippen molar-refractivity contribution in [2.45, 2.75) is 25.4 Å². The van der Waals surface area contributed by atoms with Crippen LogP contribution >= 0.6 is 35.0 Å². The van der Waals surface area contributed by atoms with Crippen molar-refractivity contribution in [3.63, 3.8) is 0 Å². The molecule has 0 unspecified atom stereocenters. The molecule has 1 aliphatic rings. The maximum atomic E-state index is 12.4. The van der Waals surface area contributed by atoms with Gasteiger partial charge in [-0.05, 0) is 60.0 Å². The molecule has 1 saturated heterocycles. The topological polar surface area (TPSA) is 50.4 Å². The van der Waals surface area contributed by atoms with Crippen LogP contribution in [0, 0.1) is 0 Å². The van der Waals surface area contributed by atoms with Gasteiger partial charge in [-0.25, -0.2) is 0 Å². The predicted octanol–water partition coefficient (Wildman–Crippen LogP) is 6.73. The molecule has 32 heavy (non-hydrogen) atoms. The predicted molar refractivity (Wildman–Crippen MR) is 134 cm³/mol. The third kappa shape index (κ3) is 5.80. The summed E-state index contributed by atoms with van der Waals surface area (Å²) in [5.74, 6) is 0.632. The van der Waals surface area contributed by atoms with Crippen molar-refractivity contribution in [3.8, 4) is 5.75 Å². The minimum absolute atomic E-state index is 0.0876. The van der Waals surface area contributed by atoms with E-state index in [4.69, 9.17) is 27.9 Å².